The van der Waals surface area contributed by atoms with Gasteiger partial charge >= 0.3 is 0 Å². The van der Waals surface area contributed by atoms with Crippen LogP contribution < -0.4 is 4.74 Å². The van der Waals surface area contributed by atoms with E-state index in [1.165, 1.54) is 6.20 Å². The molecule has 2 nitrogen and oxygen atoms in total. The zero-order chi connectivity index (χ0) is 9.97. The molecule has 1 unspecified atom stereocenters. The van der Waals surface area contributed by atoms with Crippen molar-refractivity contribution in [3.63, 3.8) is 0 Å². The lowest BCUT2D eigenvalue weighted by Gasteiger charge is -2.11. The molecule has 0 aromatic carbocycles. The van der Waals surface area contributed by atoms with Gasteiger partial charge in [-0.3, -0.25) is 0 Å². The van der Waals surface area contributed by atoms with Crippen LogP contribution >= 0.6 is 11.8 Å². The van der Waals surface area contributed by atoms with Gasteiger partial charge in [0, 0.05) is 11.8 Å². The van der Waals surface area contributed by atoms with E-state index in [1.807, 2.05) is 11.8 Å². The molecule has 2 rings (SSSR count). The van der Waals surface area contributed by atoms with E-state index in [4.69, 9.17) is 4.74 Å². The van der Waals surface area contributed by atoms with E-state index in [-0.39, 0.29) is 11.9 Å². The van der Waals surface area contributed by atoms with Gasteiger partial charge in [0.15, 0.2) is 0 Å². The predicted octanol–water partition coefficient (Wildman–Crippen LogP) is 2.41. The second kappa shape index (κ2) is 4.17. The van der Waals surface area contributed by atoms with Crippen LogP contribution in [0.4, 0.5) is 4.39 Å². The Balaban J connectivity index is 2.05. The van der Waals surface area contributed by atoms with E-state index < -0.39 is 0 Å². The number of ether oxygens (including phenoxy) is 1. The SMILES string of the molecule is Cc1cc(OC2CCSC2)ncc1F. The number of pyridine rings is 1. The van der Waals surface area contributed by atoms with E-state index in [0.717, 1.165) is 17.9 Å². The van der Waals surface area contributed by atoms with Crippen LogP contribution in [0.25, 0.3) is 0 Å². The first-order valence-corrected chi connectivity index (χ1v) is 5.78. The first-order chi connectivity index (χ1) is 6.75. The van der Waals surface area contributed by atoms with E-state index in [1.54, 1.807) is 13.0 Å². The highest BCUT2D eigenvalue weighted by atomic mass is 32.2. The molecule has 2 heterocycles. The molecule has 0 aliphatic carbocycles. The molecule has 1 aromatic rings. The van der Waals surface area contributed by atoms with Crippen molar-refractivity contribution in [2.75, 3.05) is 11.5 Å². The van der Waals surface area contributed by atoms with Gasteiger partial charge < -0.3 is 4.74 Å². The molecule has 4 heteroatoms. The van der Waals surface area contributed by atoms with Gasteiger partial charge in [-0.2, -0.15) is 11.8 Å². The summed E-state index contributed by atoms with van der Waals surface area (Å²) in [6.45, 7) is 1.72. The zero-order valence-corrected chi connectivity index (χ0v) is 8.81. The fourth-order valence-corrected chi connectivity index (χ4v) is 2.45. The summed E-state index contributed by atoms with van der Waals surface area (Å²) < 4.78 is 18.5. The summed E-state index contributed by atoms with van der Waals surface area (Å²) in [5.74, 6) is 2.41. The maximum absolute atomic E-state index is 12.9. The van der Waals surface area contributed by atoms with Crippen LogP contribution in [0.5, 0.6) is 5.88 Å². The number of aromatic nitrogens is 1. The monoisotopic (exact) mass is 213 g/mol. The second-order valence-electron chi connectivity index (χ2n) is 3.38. The Bertz CT molecular complexity index is 326. The Morgan fingerprint density at radius 3 is 3.14 bits per heavy atom. The second-order valence-corrected chi connectivity index (χ2v) is 4.53. The molecule has 1 fully saturated rings. The predicted molar refractivity (Wildman–Crippen MR) is 55.3 cm³/mol. The van der Waals surface area contributed by atoms with Crippen LogP contribution in [0.2, 0.25) is 0 Å². The molecule has 0 radical (unpaired) electrons. The van der Waals surface area contributed by atoms with E-state index in [0.29, 0.717) is 11.4 Å². The molecule has 76 valence electrons. The molecular formula is C10H12FNOS. The Labute approximate surface area is 86.9 Å². The van der Waals surface area contributed by atoms with Crippen molar-refractivity contribution in [2.45, 2.75) is 19.4 Å². The lowest BCUT2D eigenvalue weighted by atomic mass is 10.3. The van der Waals surface area contributed by atoms with Crippen molar-refractivity contribution in [1.29, 1.82) is 0 Å². The van der Waals surface area contributed by atoms with Crippen molar-refractivity contribution < 1.29 is 9.13 Å². The number of nitrogens with zero attached hydrogens (tertiary/aromatic N) is 1. The highest BCUT2D eigenvalue weighted by Gasteiger charge is 2.17. The van der Waals surface area contributed by atoms with Gasteiger partial charge in [0.1, 0.15) is 11.9 Å². The summed E-state index contributed by atoms with van der Waals surface area (Å²) >= 11 is 1.88. The van der Waals surface area contributed by atoms with Crippen molar-refractivity contribution in [1.82, 2.24) is 4.98 Å². The third-order valence-corrected chi connectivity index (χ3v) is 3.33. The van der Waals surface area contributed by atoms with Crippen molar-refractivity contribution >= 4 is 11.8 Å². The molecule has 0 spiro atoms. The van der Waals surface area contributed by atoms with Crippen molar-refractivity contribution in [3.05, 3.63) is 23.6 Å². The molecule has 0 N–H and O–H groups in total. The first kappa shape index (κ1) is 9.77. The highest BCUT2D eigenvalue weighted by Crippen LogP contribution is 2.22. The van der Waals surface area contributed by atoms with E-state index >= 15 is 0 Å². The van der Waals surface area contributed by atoms with Gasteiger partial charge in [-0.05, 0) is 24.7 Å². The number of hydrogen-bond donors (Lipinski definition) is 0. The molecule has 1 aliphatic rings. The molecule has 0 amide bonds. The van der Waals surface area contributed by atoms with Crippen LogP contribution in [0.15, 0.2) is 12.3 Å². The molecule has 1 saturated heterocycles. The quantitative estimate of drug-likeness (QED) is 0.753. The normalized spacial score (nSPS) is 21.1. The summed E-state index contributed by atoms with van der Waals surface area (Å²) in [6.07, 6.45) is 2.52. The van der Waals surface area contributed by atoms with Crippen molar-refractivity contribution in [2.24, 2.45) is 0 Å². The molecule has 0 saturated carbocycles. The van der Waals surface area contributed by atoms with Gasteiger partial charge in [0.25, 0.3) is 0 Å². The van der Waals surface area contributed by atoms with E-state index in [9.17, 15) is 4.39 Å². The molecular weight excluding hydrogens is 201 g/mol. The van der Waals surface area contributed by atoms with Crippen LogP contribution in [0, 0.1) is 12.7 Å². The van der Waals surface area contributed by atoms with Gasteiger partial charge in [0.2, 0.25) is 5.88 Å². The Morgan fingerprint density at radius 2 is 2.50 bits per heavy atom. The lowest BCUT2D eigenvalue weighted by molar-refractivity contribution is 0.219. The molecule has 14 heavy (non-hydrogen) atoms. The van der Waals surface area contributed by atoms with Gasteiger partial charge in [0.05, 0.1) is 6.20 Å². The number of aryl methyl sites for hydroxylation is 1. The molecule has 1 aliphatic heterocycles. The first-order valence-electron chi connectivity index (χ1n) is 4.62. The van der Waals surface area contributed by atoms with Gasteiger partial charge in [-0.15, -0.1) is 0 Å². The zero-order valence-electron chi connectivity index (χ0n) is 8.00. The standard InChI is InChI=1S/C10H12FNOS/c1-7-4-10(12-5-9(7)11)13-8-2-3-14-6-8/h4-5,8H,2-3,6H2,1H3. The third kappa shape index (κ3) is 2.18. The van der Waals surface area contributed by atoms with Gasteiger partial charge in [-0.25, -0.2) is 9.37 Å². The third-order valence-electron chi connectivity index (χ3n) is 2.20. The van der Waals surface area contributed by atoms with Crippen LogP contribution in [0.3, 0.4) is 0 Å². The smallest absolute Gasteiger partial charge is 0.213 e. The number of thioether (sulfide) groups is 1. The molecule has 1 aromatic heterocycles. The Hall–Kier alpha value is -0.770. The average molecular weight is 213 g/mol. The van der Waals surface area contributed by atoms with Crippen molar-refractivity contribution in [3.8, 4) is 5.88 Å². The number of halogens is 1. The minimum atomic E-state index is -0.279. The lowest BCUT2D eigenvalue weighted by Crippen LogP contribution is -2.15. The summed E-state index contributed by atoms with van der Waals surface area (Å²) in [6, 6.07) is 1.65. The highest BCUT2D eigenvalue weighted by molar-refractivity contribution is 7.99. The van der Waals surface area contributed by atoms with Crippen LogP contribution in [0.1, 0.15) is 12.0 Å². The summed E-state index contributed by atoms with van der Waals surface area (Å²) in [7, 11) is 0. The Morgan fingerprint density at radius 1 is 1.64 bits per heavy atom. The summed E-state index contributed by atoms with van der Waals surface area (Å²) in [4.78, 5) is 3.90. The minimum Gasteiger partial charge on any atom is -0.473 e. The van der Waals surface area contributed by atoms with Gasteiger partial charge in [-0.1, -0.05) is 0 Å². The van der Waals surface area contributed by atoms with Crippen LogP contribution in [-0.2, 0) is 0 Å². The van der Waals surface area contributed by atoms with E-state index in [2.05, 4.69) is 4.98 Å². The molecule has 1 atom stereocenters. The summed E-state index contributed by atoms with van der Waals surface area (Å²) in [5, 5.41) is 0. The maximum atomic E-state index is 12.9. The topological polar surface area (TPSA) is 22.1 Å². The minimum absolute atomic E-state index is 0.248. The fraction of sp³-hybridized carbons (Fsp3) is 0.500. The number of hydrogen-bond acceptors (Lipinski definition) is 3. The number of rotatable bonds is 2. The Kier molecular flexibility index (Phi) is 2.91. The largest absolute Gasteiger partial charge is 0.473 e. The molecule has 0 bridgehead atoms. The average Bonchev–Trinajstić information content (AvgIpc) is 2.64. The fourth-order valence-electron chi connectivity index (χ4n) is 1.35. The summed E-state index contributed by atoms with van der Waals surface area (Å²) in [5.41, 5.74) is 0.584. The maximum Gasteiger partial charge on any atom is 0.213 e. The van der Waals surface area contributed by atoms with Crippen LogP contribution in [-0.4, -0.2) is 22.6 Å².